The summed E-state index contributed by atoms with van der Waals surface area (Å²) in [5.74, 6) is 0.653. The van der Waals surface area contributed by atoms with Crippen molar-refractivity contribution in [3.8, 4) is 5.75 Å². The Morgan fingerprint density at radius 2 is 2.16 bits per heavy atom. The van der Waals surface area contributed by atoms with Crippen molar-refractivity contribution >= 4 is 29.1 Å². The summed E-state index contributed by atoms with van der Waals surface area (Å²) < 4.78 is 5.31. The molecule has 0 aliphatic rings. The van der Waals surface area contributed by atoms with Crippen molar-refractivity contribution in [2.45, 2.75) is 0 Å². The Morgan fingerprint density at radius 1 is 1.42 bits per heavy atom. The molecule has 2 aromatic rings. The van der Waals surface area contributed by atoms with Crippen molar-refractivity contribution in [2.24, 2.45) is 5.73 Å². The molecule has 0 fully saturated rings. The molecule has 4 N–H and O–H groups in total. The molecule has 1 heterocycles. The number of thiocarbonyl (C=S) groups is 1. The fourth-order valence-electron chi connectivity index (χ4n) is 1.37. The van der Waals surface area contributed by atoms with Crippen LogP contribution in [0.5, 0.6) is 5.75 Å². The van der Waals surface area contributed by atoms with Gasteiger partial charge >= 0.3 is 0 Å². The number of imidazole rings is 1. The second kappa shape index (κ2) is 5.96. The second-order valence-electron chi connectivity index (χ2n) is 3.66. The Labute approximate surface area is 115 Å². The highest BCUT2D eigenvalue weighted by atomic mass is 32.1. The Hall–Kier alpha value is -2.41. The minimum Gasteiger partial charge on any atom is -0.484 e. The van der Waals surface area contributed by atoms with Gasteiger partial charge in [0, 0.05) is 18.0 Å². The number of anilines is 1. The second-order valence-corrected chi connectivity index (χ2v) is 4.10. The van der Waals surface area contributed by atoms with E-state index < -0.39 is 0 Å². The highest BCUT2D eigenvalue weighted by molar-refractivity contribution is 7.80. The number of nitrogens with two attached hydrogens (primary N) is 1. The maximum Gasteiger partial charge on any atom is 0.264 e. The third kappa shape index (κ3) is 3.78. The van der Waals surface area contributed by atoms with Crippen LogP contribution in [0.1, 0.15) is 5.56 Å². The number of hydrogen-bond donors (Lipinski definition) is 3. The molecule has 1 amide bonds. The van der Waals surface area contributed by atoms with Crippen LogP contribution in [0.25, 0.3) is 0 Å². The van der Waals surface area contributed by atoms with Gasteiger partial charge in [0.1, 0.15) is 10.7 Å². The molecule has 0 saturated carbocycles. The van der Waals surface area contributed by atoms with Crippen molar-refractivity contribution < 1.29 is 9.53 Å². The first-order valence-electron chi connectivity index (χ1n) is 5.47. The number of aromatic nitrogens is 2. The van der Waals surface area contributed by atoms with E-state index in [1.165, 1.54) is 0 Å². The first kappa shape index (κ1) is 13.0. The number of ether oxygens (including phenoxy) is 1. The number of rotatable bonds is 5. The minimum atomic E-state index is -0.298. The lowest BCUT2D eigenvalue weighted by molar-refractivity contribution is -0.118. The van der Waals surface area contributed by atoms with Crippen LogP contribution in [0.3, 0.4) is 0 Å². The lowest BCUT2D eigenvalue weighted by atomic mass is 10.2. The van der Waals surface area contributed by atoms with Crippen LogP contribution in [-0.2, 0) is 4.79 Å². The lowest BCUT2D eigenvalue weighted by Gasteiger charge is -2.06. The van der Waals surface area contributed by atoms with Crippen LogP contribution in [-0.4, -0.2) is 27.5 Å². The number of aromatic amines is 1. The van der Waals surface area contributed by atoms with E-state index in [0.29, 0.717) is 16.7 Å². The standard InChI is InChI=1S/C12H12N4O2S/c13-11(19)8-1-3-9(4-2-8)18-7-10(17)16-12-14-5-6-15-12/h1-6H,7H2,(H2,13,19)(H2,14,15,16,17). The van der Waals surface area contributed by atoms with Crippen LogP contribution in [0, 0.1) is 0 Å². The average molecular weight is 276 g/mol. The van der Waals surface area contributed by atoms with E-state index in [0.717, 1.165) is 5.56 Å². The third-order valence-electron chi connectivity index (χ3n) is 2.26. The van der Waals surface area contributed by atoms with Gasteiger partial charge < -0.3 is 15.5 Å². The fourth-order valence-corrected chi connectivity index (χ4v) is 1.50. The topological polar surface area (TPSA) is 93.0 Å². The van der Waals surface area contributed by atoms with E-state index in [1.807, 2.05) is 0 Å². The van der Waals surface area contributed by atoms with Gasteiger partial charge in [0.2, 0.25) is 5.95 Å². The largest absolute Gasteiger partial charge is 0.484 e. The maximum atomic E-state index is 11.5. The van der Waals surface area contributed by atoms with Crippen LogP contribution < -0.4 is 15.8 Å². The van der Waals surface area contributed by atoms with Gasteiger partial charge in [-0.3, -0.25) is 10.1 Å². The summed E-state index contributed by atoms with van der Waals surface area (Å²) in [6.07, 6.45) is 3.16. The predicted molar refractivity (Wildman–Crippen MR) is 75.0 cm³/mol. The van der Waals surface area contributed by atoms with Gasteiger partial charge in [0.15, 0.2) is 6.61 Å². The van der Waals surface area contributed by atoms with Gasteiger partial charge in [-0.05, 0) is 24.3 Å². The van der Waals surface area contributed by atoms with Crippen molar-refractivity contribution in [3.63, 3.8) is 0 Å². The molecule has 0 aliphatic heterocycles. The minimum absolute atomic E-state index is 0.104. The summed E-state index contributed by atoms with van der Waals surface area (Å²) in [5, 5.41) is 2.55. The fraction of sp³-hybridized carbons (Fsp3) is 0.0833. The summed E-state index contributed by atoms with van der Waals surface area (Å²) in [7, 11) is 0. The quantitative estimate of drug-likeness (QED) is 0.710. The molecule has 0 aliphatic carbocycles. The summed E-state index contributed by atoms with van der Waals surface area (Å²) in [4.78, 5) is 18.5. The molecular weight excluding hydrogens is 264 g/mol. The average Bonchev–Trinajstić information content (AvgIpc) is 2.89. The molecule has 0 unspecified atom stereocenters. The number of benzene rings is 1. The smallest absolute Gasteiger partial charge is 0.264 e. The third-order valence-corrected chi connectivity index (χ3v) is 2.50. The van der Waals surface area contributed by atoms with Crippen LogP contribution in [0.4, 0.5) is 5.95 Å². The molecule has 0 atom stereocenters. The van der Waals surface area contributed by atoms with E-state index in [-0.39, 0.29) is 12.5 Å². The molecule has 0 spiro atoms. The van der Waals surface area contributed by atoms with E-state index in [2.05, 4.69) is 15.3 Å². The van der Waals surface area contributed by atoms with Gasteiger partial charge in [-0.2, -0.15) is 0 Å². The number of carbonyl (C=O) groups excluding carboxylic acids is 1. The summed E-state index contributed by atoms with van der Waals surface area (Å²) in [6, 6.07) is 6.88. The number of H-pyrrole nitrogens is 1. The van der Waals surface area contributed by atoms with Gasteiger partial charge in [-0.1, -0.05) is 12.2 Å². The SMILES string of the molecule is NC(=S)c1ccc(OCC(=O)Nc2ncc[nH]2)cc1. The maximum absolute atomic E-state index is 11.5. The van der Waals surface area contributed by atoms with Gasteiger partial charge in [-0.25, -0.2) is 4.98 Å². The first-order chi connectivity index (χ1) is 9.15. The molecular formula is C12H12N4O2S. The highest BCUT2D eigenvalue weighted by Crippen LogP contribution is 2.12. The van der Waals surface area contributed by atoms with E-state index >= 15 is 0 Å². The van der Waals surface area contributed by atoms with E-state index in [4.69, 9.17) is 22.7 Å². The van der Waals surface area contributed by atoms with E-state index in [1.54, 1.807) is 36.7 Å². The Kier molecular flexibility index (Phi) is 4.09. The van der Waals surface area contributed by atoms with Gasteiger partial charge in [-0.15, -0.1) is 0 Å². The van der Waals surface area contributed by atoms with Crippen LogP contribution >= 0.6 is 12.2 Å². The number of nitrogens with one attached hydrogen (secondary N) is 2. The number of nitrogens with zero attached hydrogens (tertiary/aromatic N) is 1. The zero-order valence-electron chi connectivity index (χ0n) is 9.92. The summed E-state index contributed by atoms with van der Waals surface area (Å²) in [5.41, 5.74) is 6.23. The highest BCUT2D eigenvalue weighted by Gasteiger charge is 2.05. The molecule has 0 bridgehead atoms. The monoisotopic (exact) mass is 276 g/mol. The number of amides is 1. The first-order valence-corrected chi connectivity index (χ1v) is 5.88. The molecule has 19 heavy (non-hydrogen) atoms. The molecule has 7 heteroatoms. The van der Waals surface area contributed by atoms with Gasteiger partial charge in [0.25, 0.3) is 5.91 Å². The van der Waals surface area contributed by atoms with E-state index in [9.17, 15) is 4.79 Å². The van der Waals surface area contributed by atoms with Crippen molar-refractivity contribution in [3.05, 3.63) is 42.2 Å². The molecule has 0 radical (unpaired) electrons. The molecule has 6 nitrogen and oxygen atoms in total. The zero-order valence-corrected chi connectivity index (χ0v) is 10.7. The Bertz CT molecular complexity index is 566. The molecule has 2 rings (SSSR count). The Morgan fingerprint density at radius 3 is 2.74 bits per heavy atom. The number of hydrogen-bond acceptors (Lipinski definition) is 4. The summed E-state index contributed by atoms with van der Waals surface area (Å²) >= 11 is 4.84. The molecule has 1 aromatic heterocycles. The molecule has 0 saturated heterocycles. The normalized spacial score (nSPS) is 9.89. The molecule has 1 aromatic carbocycles. The van der Waals surface area contributed by atoms with Crippen molar-refractivity contribution in [1.29, 1.82) is 0 Å². The van der Waals surface area contributed by atoms with Crippen LogP contribution in [0.2, 0.25) is 0 Å². The summed E-state index contributed by atoms with van der Waals surface area (Å²) in [6.45, 7) is -0.104. The van der Waals surface area contributed by atoms with Gasteiger partial charge in [0.05, 0.1) is 0 Å². The predicted octanol–water partition coefficient (Wildman–Crippen LogP) is 1.06. The molecule has 98 valence electrons. The Balaban J connectivity index is 1.84. The lowest BCUT2D eigenvalue weighted by Crippen LogP contribution is -2.20. The van der Waals surface area contributed by atoms with Crippen LogP contribution in [0.15, 0.2) is 36.7 Å². The van der Waals surface area contributed by atoms with Crippen molar-refractivity contribution in [2.75, 3.05) is 11.9 Å². The van der Waals surface area contributed by atoms with Crippen molar-refractivity contribution in [1.82, 2.24) is 9.97 Å². The zero-order chi connectivity index (χ0) is 13.7. The number of carbonyl (C=O) groups is 1.